The average Bonchev–Trinajstić information content (AvgIpc) is 2.90. The number of halogens is 1. The van der Waals surface area contributed by atoms with Crippen molar-refractivity contribution >= 4 is 21.8 Å². The highest BCUT2D eigenvalue weighted by Gasteiger charge is 2.26. The van der Waals surface area contributed by atoms with Crippen molar-refractivity contribution in [2.45, 2.75) is 31.7 Å². The maximum absolute atomic E-state index is 12.3. The highest BCUT2D eigenvalue weighted by atomic mass is 79.9. The van der Waals surface area contributed by atoms with Gasteiger partial charge in [0.25, 0.3) is 5.91 Å². The van der Waals surface area contributed by atoms with Gasteiger partial charge >= 0.3 is 0 Å². The van der Waals surface area contributed by atoms with E-state index in [4.69, 9.17) is 0 Å². The zero-order chi connectivity index (χ0) is 12.1. The van der Waals surface area contributed by atoms with Gasteiger partial charge < -0.3 is 4.90 Å². The van der Waals surface area contributed by atoms with E-state index < -0.39 is 0 Å². The molecule has 1 aliphatic rings. The lowest BCUT2D eigenvalue weighted by Crippen LogP contribution is -2.40. The van der Waals surface area contributed by atoms with Crippen molar-refractivity contribution in [1.29, 1.82) is 0 Å². The SMILES string of the molecule is O=C(c1cncnc1)N(CCBr)C1CCCC1. The van der Waals surface area contributed by atoms with Crippen LogP contribution >= 0.6 is 15.9 Å². The second-order valence-electron chi connectivity index (χ2n) is 4.25. The number of hydrogen-bond acceptors (Lipinski definition) is 3. The van der Waals surface area contributed by atoms with Crippen LogP contribution in [0, 0.1) is 0 Å². The summed E-state index contributed by atoms with van der Waals surface area (Å²) in [5.41, 5.74) is 0.584. The molecular weight excluding hydrogens is 282 g/mol. The zero-order valence-corrected chi connectivity index (χ0v) is 11.3. The Morgan fingerprint density at radius 3 is 2.59 bits per heavy atom. The van der Waals surface area contributed by atoms with Crippen LogP contribution in [0.2, 0.25) is 0 Å². The van der Waals surface area contributed by atoms with Gasteiger partial charge in [-0.3, -0.25) is 4.79 Å². The summed E-state index contributed by atoms with van der Waals surface area (Å²) in [6.45, 7) is 0.748. The third kappa shape index (κ3) is 3.03. The first-order valence-corrected chi connectivity index (χ1v) is 7.07. The molecule has 0 saturated heterocycles. The summed E-state index contributed by atoms with van der Waals surface area (Å²) >= 11 is 3.41. The van der Waals surface area contributed by atoms with E-state index in [1.807, 2.05) is 4.90 Å². The van der Waals surface area contributed by atoms with Gasteiger partial charge in [0.05, 0.1) is 5.56 Å². The van der Waals surface area contributed by atoms with Gasteiger partial charge in [0, 0.05) is 30.3 Å². The van der Waals surface area contributed by atoms with E-state index in [-0.39, 0.29) is 5.91 Å². The summed E-state index contributed by atoms with van der Waals surface area (Å²) in [6.07, 6.45) is 9.31. The minimum Gasteiger partial charge on any atom is -0.335 e. The molecule has 0 bridgehead atoms. The van der Waals surface area contributed by atoms with Crippen molar-refractivity contribution in [3.63, 3.8) is 0 Å². The maximum atomic E-state index is 12.3. The van der Waals surface area contributed by atoms with E-state index in [0.717, 1.165) is 24.7 Å². The van der Waals surface area contributed by atoms with Gasteiger partial charge in [-0.2, -0.15) is 0 Å². The molecule has 0 radical (unpaired) electrons. The number of carbonyl (C=O) groups is 1. The Morgan fingerprint density at radius 2 is 2.00 bits per heavy atom. The van der Waals surface area contributed by atoms with Crippen LogP contribution in [0.1, 0.15) is 36.0 Å². The first-order chi connectivity index (χ1) is 8.33. The first-order valence-electron chi connectivity index (χ1n) is 5.95. The Kier molecular flexibility index (Phi) is 4.48. The van der Waals surface area contributed by atoms with Crippen molar-refractivity contribution in [3.8, 4) is 0 Å². The van der Waals surface area contributed by atoms with E-state index in [9.17, 15) is 4.79 Å². The fourth-order valence-corrected chi connectivity index (χ4v) is 2.71. The smallest absolute Gasteiger partial charge is 0.257 e. The highest BCUT2D eigenvalue weighted by Crippen LogP contribution is 2.24. The van der Waals surface area contributed by atoms with Crippen molar-refractivity contribution < 1.29 is 4.79 Å². The average molecular weight is 298 g/mol. The van der Waals surface area contributed by atoms with Gasteiger partial charge in [0.2, 0.25) is 0 Å². The Hall–Kier alpha value is -0.970. The third-order valence-electron chi connectivity index (χ3n) is 3.16. The second kappa shape index (κ2) is 6.10. The van der Waals surface area contributed by atoms with E-state index in [0.29, 0.717) is 11.6 Å². The molecule has 0 N–H and O–H groups in total. The third-order valence-corrected chi connectivity index (χ3v) is 3.51. The Morgan fingerprint density at radius 1 is 1.35 bits per heavy atom. The van der Waals surface area contributed by atoms with Crippen LogP contribution in [0.25, 0.3) is 0 Å². The quantitative estimate of drug-likeness (QED) is 0.801. The molecule has 1 heterocycles. The monoisotopic (exact) mass is 297 g/mol. The van der Waals surface area contributed by atoms with Crippen molar-refractivity contribution in [1.82, 2.24) is 14.9 Å². The molecule has 1 fully saturated rings. The van der Waals surface area contributed by atoms with Gasteiger partial charge in [0.15, 0.2) is 0 Å². The van der Waals surface area contributed by atoms with Crippen molar-refractivity contribution in [2.24, 2.45) is 0 Å². The molecule has 2 rings (SSSR count). The lowest BCUT2D eigenvalue weighted by molar-refractivity contribution is 0.0695. The summed E-state index contributed by atoms with van der Waals surface area (Å²) in [7, 11) is 0. The van der Waals surface area contributed by atoms with Crippen LogP contribution in [-0.4, -0.2) is 38.7 Å². The molecule has 0 aromatic carbocycles. The molecule has 0 spiro atoms. The molecule has 1 amide bonds. The number of aromatic nitrogens is 2. The van der Waals surface area contributed by atoms with Gasteiger partial charge in [-0.25, -0.2) is 9.97 Å². The van der Waals surface area contributed by atoms with Gasteiger partial charge in [-0.05, 0) is 12.8 Å². The topological polar surface area (TPSA) is 46.1 Å². The number of rotatable bonds is 4. The van der Waals surface area contributed by atoms with Crippen LogP contribution in [-0.2, 0) is 0 Å². The van der Waals surface area contributed by atoms with Crippen LogP contribution < -0.4 is 0 Å². The molecule has 0 atom stereocenters. The lowest BCUT2D eigenvalue weighted by atomic mass is 10.2. The minimum atomic E-state index is 0.0527. The molecule has 4 nitrogen and oxygen atoms in total. The molecule has 1 aromatic heterocycles. The fraction of sp³-hybridized carbons (Fsp3) is 0.583. The lowest BCUT2D eigenvalue weighted by Gasteiger charge is -2.28. The predicted molar refractivity (Wildman–Crippen MR) is 69.1 cm³/mol. The van der Waals surface area contributed by atoms with Gasteiger partial charge in [-0.1, -0.05) is 28.8 Å². The molecule has 1 aliphatic carbocycles. The van der Waals surface area contributed by atoms with Crippen molar-refractivity contribution in [2.75, 3.05) is 11.9 Å². The van der Waals surface area contributed by atoms with E-state index in [2.05, 4.69) is 25.9 Å². The Labute approximate surface area is 110 Å². The summed E-state index contributed by atoms with van der Waals surface area (Å²) in [5, 5.41) is 0.808. The summed E-state index contributed by atoms with van der Waals surface area (Å²) in [5.74, 6) is 0.0527. The molecule has 17 heavy (non-hydrogen) atoms. The Bertz CT molecular complexity index is 365. The maximum Gasteiger partial charge on any atom is 0.257 e. The van der Waals surface area contributed by atoms with Crippen LogP contribution in [0.5, 0.6) is 0 Å². The standard InChI is InChI=1S/C12H16BrN3O/c13-5-6-16(11-3-1-2-4-11)12(17)10-7-14-9-15-8-10/h7-9,11H,1-6H2. The first kappa shape index (κ1) is 12.5. The van der Waals surface area contributed by atoms with Crippen molar-refractivity contribution in [3.05, 3.63) is 24.3 Å². The molecule has 0 unspecified atom stereocenters. The number of alkyl halides is 1. The van der Waals surface area contributed by atoms with Gasteiger partial charge in [0.1, 0.15) is 6.33 Å². The number of nitrogens with zero attached hydrogens (tertiary/aromatic N) is 3. The van der Waals surface area contributed by atoms with Crippen LogP contribution in [0.4, 0.5) is 0 Å². The number of hydrogen-bond donors (Lipinski definition) is 0. The molecule has 5 heteroatoms. The fourth-order valence-electron chi connectivity index (χ4n) is 2.33. The predicted octanol–water partition coefficient (Wildman–Crippen LogP) is 2.26. The number of carbonyl (C=O) groups excluding carboxylic acids is 1. The van der Waals surface area contributed by atoms with E-state index in [1.54, 1.807) is 12.4 Å². The molecule has 0 aliphatic heterocycles. The molecule has 92 valence electrons. The van der Waals surface area contributed by atoms with E-state index in [1.165, 1.54) is 19.2 Å². The molecule has 1 aromatic rings. The van der Waals surface area contributed by atoms with Crippen LogP contribution in [0.15, 0.2) is 18.7 Å². The summed E-state index contributed by atoms with van der Waals surface area (Å²) < 4.78 is 0. The minimum absolute atomic E-state index is 0.0527. The molecule has 1 saturated carbocycles. The highest BCUT2D eigenvalue weighted by molar-refractivity contribution is 9.09. The molecular formula is C12H16BrN3O. The van der Waals surface area contributed by atoms with E-state index >= 15 is 0 Å². The second-order valence-corrected chi connectivity index (χ2v) is 5.05. The Balaban J connectivity index is 2.12. The summed E-state index contributed by atoms with van der Waals surface area (Å²) in [6, 6.07) is 0.389. The normalized spacial score (nSPS) is 16.1. The largest absolute Gasteiger partial charge is 0.335 e. The zero-order valence-electron chi connectivity index (χ0n) is 9.68. The van der Waals surface area contributed by atoms with Crippen LogP contribution in [0.3, 0.4) is 0 Å². The number of amides is 1. The summed E-state index contributed by atoms with van der Waals surface area (Å²) in [4.78, 5) is 22.1. The van der Waals surface area contributed by atoms with Gasteiger partial charge in [-0.15, -0.1) is 0 Å².